The number of hydrogen-bond acceptors (Lipinski definition) is 4. The number of ether oxygens (including phenoxy) is 1. The van der Waals surface area contributed by atoms with Gasteiger partial charge in [0.25, 0.3) is 0 Å². The van der Waals surface area contributed by atoms with Crippen LogP contribution in [0.15, 0.2) is 67.0 Å². The molecule has 1 aromatic heterocycles. The zero-order valence-electron chi connectivity index (χ0n) is 15.9. The van der Waals surface area contributed by atoms with Crippen LogP contribution >= 0.6 is 0 Å². The highest BCUT2D eigenvalue weighted by Gasteiger charge is 2.15. The number of anilines is 1. The van der Waals surface area contributed by atoms with Crippen molar-refractivity contribution < 1.29 is 9.53 Å². The lowest BCUT2D eigenvalue weighted by molar-refractivity contribution is 0.103. The van der Waals surface area contributed by atoms with Gasteiger partial charge in [0.15, 0.2) is 5.78 Å². The van der Waals surface area contributed by atoms with E-state index in [1.54, 1.807) is 19.4 Å². The SMILES string of the molecule is COc1ccc(NCc2cccnc2)c(C(=O)c2ccc(C(C)C)cc2)c1. The minimum absolute atomic E-state index is 0.0297. The van der Waals surface area contributed by atoms with Crippen LogP contribution < -0.4 is 10.1 Å². The summed E-state index contributed by atoms with van der Waals surface area (Å²) in [6, 6.07) is 17.2. The fourth-order valence-corrected chi connectivity index (χ4v) is 2.87. The van der Waals surface area contributed by atoms with E-state index in [0.29, 0.717) is 29.3 Å². The molecule has 0 aliphatic carbocycles. The molecule has 3 rings (SSSR count). The Morgan fingerprint density at radius 1 is 1.11 bits per heavy atom. The molecule has 4 heteroatoms. The molecular weight excluding hydrogens is 336 g/mol. The second-order valence-corrected chi connectivity index (χ2v) is 6.73. The first-order chi connectivity index (χ1) is 13.1. The van der Waals surface area contributed by atoms with E-state index in [1.165, 1.54) is 5.56 Å². The molecule has 4 nitrogen and oxygen atoms in total. The van der Waals surface area contributed by atoms with Crippen molar-refractivity contribution >= 4 is 11.5 Å². The number of benzene rings is 2. The Balaban J connectivity index is 1.88. The summed E-state index contributed by atoms with van der Waals surface area (Å²) in [6.07, 6.45) is 3.55. The Hall–Kier alpha value is -3.14. The van der Waals surface area contributed by atoms with Gasteiger partial charge in [-0.25, -0.2) is 0 Å². The van der Waals surface area contributed by atoms with E-state index in [0.717, 1.165) is 11.3 Å². The molecule has 0 amide bonds. The fourth-order valence-electron chi connectivity index (χ4n) is 2.87. The predicted octanol–water partition coefficient (Wildman–Crippen LogP) is 5.06. The van der Waals surface area contributed by atoms with Crippen LogP contribution in [0.1, 0.15) is 46.8 Å². The smallest absolute Gasteiger partial charge is 0.195 e. The van der Waals surface area contributed by atoms with Crippen molar-refractivity contribution in [3.05, 3.63) is 89.2 Å². The summed E-state index contributed by atoms with van der Waals surface area (Å²) >= 11 is 0. The average Bonchev–Trinajstić information content (AvgIpc) is 2.72. The van der Waals surface area contributed by atoms with Crippen molar-refractivity contribution in [3.8, 4) is 5.75 Å². The largest absolute Gasteiger partial charge is 0.497 e. The fraction of sp³-hybridized carbons (Fsp3) is 0.217. The summed E-state index contributed by atoms with van der Waals surface area (Å²) < 4.78 is 5.32. The van der Waals surface area contributed by atoms with Crippen LogP contribution in [-0.4, -0.2) is 17.9 Å². The number of rotatable bonds is 7. The Morgan fingerprint density at radius 2 is 1.89 bits per heavy atom. The Morgan fingerprint density at radius 3 is 2.52 bits per heavy atom. The maximum atomic E-state index is 13.1. The lowest BCUT2D eigenvalue weighted by Gasteiger charge is -2.14. The number of pyridine rings is 1. The van der Waals surface area contributed by atoms with Crippen molar-refractivity contribution in [3.63, 3.8) is 0 Å². The van der Waals surface area contributed by atoms with E-state index >= 15 is 0 Å². The lowest BCUT2D eigenvalue weighted by atomic mass is 9.97. The van der Waals surface area contributed by atoms with Gasteiger partial charge in [-0.15, -0.1) is 0 Å². The van der Waals surface area contributed by atoms with E-state index in [-0.39, 0.29) is 5.78 Å². The molecule has 0 atom stereocenters. The zero-order valence-corrected chi connectivity index (χ0v) is 15.9. The average molecular weight is 360 g/mol. The van der Waals surface area contributed by atoms with Crippen molar-refractivity contribution in [2.45, 2.75) is 26.3 Å². The normalized spacial score (nSPS) is 10.7. The maximum Gasteiger partial charge on any atom is 0.195 e. The molecule has 0 unspecified atom stereocenters. The first-order valence-corrected chi connectivity index (χ1v) is 9.04. The molecule has 0 bridgehead atoms. The van der Waals surface area contributed by atoms with Crippen molar-refractivity contribution in [2.75, 3.05) is 12.4 Å². The summed E-state index contributed by atoms with van der Waals surface area (Å²) in [5.41, 5.74) is 4.30. The summed E-state index contributed by atoms with van der Waals surface area (Å²) in [7, 11) is 1.60. The number of ketones is 1. The topological polar surface area (TPSA) is 51.2 Å². The molecule has 0 spiro atoms. The highest BCUT2D eigenvalue weighted by molar-refractivity contribution is 6.12. The van der Waals surface area contributed by atoms with E-state index < -0.39 is 0 Å². The Kier molecular flexibility index (Phi) is 5.87. The van der Waals surface area contributed by atoms with Crippen molar-refractivity contribution in [1.29, 1.82) is 0 Å². The number of nitrogens with zero attached hydrogens (tertiary/aromatic N) is 1. The molecule has 3 aromatic rings. The standard InChI is InChI=1S/C23H24N2O2/c1-16(2)18-6-8-19(9-7-18)23(26)21-13-20(27-3)10-11-22(21)25-15-17-5-4-12-24-14-17/h4-14,16,25H,15H2,1-3H3. The zero-order chi connectivity index (χ0) is 19.2. The van der Waals surface area contributed by atoms with E-state index in [1.807, 2.05) is 54.7 Å². The molecule has 1 N–H and O–H groups in total. The quantitative estimate of drug-likeness (QED) is 0.599. The van der Waals surface area contributed by atoms with Gasteiger partial charge in [0.1, 0.15) is 5.75 Å². The second-order valence-electron chi connectivity index (χ2n) is 6.73. The Bertz CT molecular complexity index is 903. The van der Waals surface area contributed by atoms with Gasteiger partial charge in [0.05, 0.1) is 7.11 Å². The first-order valence-electron chi connectivity index (χ1n) is 9.04. The minimum Gasteiger partial charge on any atom is -0.497 e. The van der Waals surface area contributed by atoms with Crippen molar-refractivity contribution in [1.82, 2.24) is 4.98 Å². The van der Waals surface area contributed by atoms with Crippen LogP contribution in [0.25, 0.3) is 0 Å². The molecule has 1 heterocycles. The molecule has 0 aliphatic heterocycles. The van der Waals surface area contributed by atoms with Gasteiger partial charge in [0, 0.05) is 35.8 Å². The molecule has 0 saturated heterocycles. The van der Waals surface area contributed by atoms with Gasteiger partial charge in [-0.05, 0) is 41.3 Å². The summed E-state index contributed by atoms with van der Waals surface area (Å²) in [5.74, 6) is 1.06. The molecule has 2 aromatic carbocycles. The number of hydrogen-bond donors (Lipinski definition) is 1. The number of carbonyl (C=O) groups excluding carboxylic acids is 1. The molecule has 0 radical (unpaired) electrons. The first kappa shape index (κ1) is 18.6. The van der Waals surface area contributed by atoms with Crippen LogP contribution in [0.5, 0.6) is 5.75 Å². The molecule has 0 fully saturated rings. The predicted molar refractivity (Wildman–Crippen MR) is 109 cm³/mol. The van der Waals surface area contributed by atoms with Crippen molar-refractivity contribution in [2.24, 2.45) is 0 Å². The third kappa shape index (κ3) is 4.53. The van der Waals surface area contributed by atoms with Crippen LogP contribution in [-0.2, 0) is 6.54 Å². The third-order valence-corrected chi connectivity index (χ3v) is 4.52. The van der Waals surface area contributed by atoms with Crippen LogP contribution in [0.3, 0.4) is 0 Å². The number of methoxy groups -OCH3 is 1. The number of nitrogens with one attached hydrogen (secondary N) is 1. The maximum absolute atomic E-state index is 13.1. The minimum atomic E-state index is -0.0297. The van der Waals surface area contributed by atoms with Gasteiger partial charge >= 0.3 is 0 Å². The molecule has 138 valence electrons. The number of aromatic nitrogens is 1. The third-order valence-electron chi connectivity index (χ3n) is 4.52. The second kappa shape index (κ2) is 8.49. The summed E-state index contributed by atoms with van der Waals surface area (Å²) in [5, 5.41) is 3.34. The summed E-state index contributed by atoms with van der Waals surface area (Å²) in [4.78, 5) is 17.2. The van der Waals surface area contributed by atoms with Crippen LogP contribution in [0, 0.1) is 0 Å². The molecule has 0 aliphatic rings. The van der Waals surface area contributed by atoms with Gasteiger partial charge < -0.3 is 10.1 Å². The van der Waals surface area contributed by atoms with E-state index in [4.69, 9.17) is 4.74 Å². The van der Waals surface area contributed by atoms with Gasteiger partial charge in [-0.2, -0.15) is 0 Å². The van der Waals surface area contributed by atoms with Gasteiger partial charge in [-0.1, -0.05) is 44.2 Å². The molecule has 0 saturated carbocycles. The Labute approximate surface area is 160 Å². The highest BCUT2D eigenvalue weighted by Crippen LogP contribution is 2.26. The molecular formula is C23H24N2O2. The van der Waals surface area contributed by atoms with Gasteiger partial charge in [0.2, 0.25) is 0 Å². The summed E-state index contributed by atoms with van der Waals surface area (Å²) in [6.45, 7) is 4.87. The number of carbonyl (C=O) groups is 1. The molecule has 27 heavy (non-hydrogen) atoms. The van der Waals surface area contributed by atoms with Crippen LogP contribution in [0.4, 0.5) is 5.69 Å². The lowest BCUT2D eigenvalue weighted by Crippen LogP contribution is -2.09. The van der Waals surface area contributed by atoms with Gasteiger partial charge in [-0.3, -0.25) is 9.78 Å². The van der Waals surface area contributed by atoms with E-state index in [2.05, 4.69) is 24.1 Å². The van der Waals surface area contributed by atoms with E-state index in [9.17, 15) is 4.79 Å². The highest BCUT2D eigenvalue weighted by atomic mass is 16.5. The monoisotopic (exact) mass is 360 g/mol. The van der Waals surface area contributed by atoms with Crippen LogP contribution in [0.2, 0.25) is 0 Å².